The van der Waals surface area contributed by atoms with E-state index in [0.717, 1.165) is 34.7 Å². The predicted octanol–water partition coefficient (Wildman–Crippen LogP) is 4.66. The van der Waals surface area contributed by atoms with Crippen LogP contribution in [0.5, 0.6) is 11.5 Å². The zero-order chi connectivity index (χ0) is 18.9. The number of aromatic nitrogens is 1. The number of nitrogens with one attached hydrogen (secondary N) is 1. The van der Waals surface area contributed by atoms with Crippen LogP contribution in [0.25, 0.3) is 0 Å². The molecule has 0 aliphatic heterocycles. The van der Waals surface area contributed by atoms with Crippen LogP contribution >= 0.6 is 0 Å². The van der Waals surface area contributed by atoms with Crippen LogP contribution in [0.3, 0.4) is 0 Å². The highest BCUT2D eigenvalue weighted by Crippen LogP contribution is 2.32. The van der Waals surface area contributed by atoms with Gasteiger partial charge in [-0.2, -0.15) is 0 Å². The largest absolute Gasteiger partial charge is 0.490 e. The van der Waals surface area contributed by atoms with Gasteiger partial charge in [0.25, 0.3) is 0 Å². The third-order valence-electron chi connectivity index (χ3n) is 4.23. The summed E-state index contributed by atoms with van der Waals surface area (Å²) in [6, 6.07) is 18.4. The number of hydrogen-bond acceptors (Lipinski definition) is 4. The SMILES string of the molecule is CCOc1cccc(CNCc2cccnc2)c1OCc1ccc(C)cc1. The Kier molecular flexibility index (Phi) is 6.83. The van der Waals surface area contributed by atoms with Gasteiger partial charge in [-0.1, -0.05) is 48.0 Å². The molecule has 3 rings (SSSR count). The first-order chi connectivity index (χ1) is 13.3. The Morgan fingerprint density at radius 2 is 1.74 bits per heavy atom. The molecule has 0 aliphatic rings. The van der Waals surface area contributed by atoms with Gasteiger partial charge in [0.15, 0.2) is 11.5 Å². The fraction of sp³-hybridized carbons (Fsp3) is 0.261. The van der Waals surface area contributed by atoms with Gasteiger partial charge < -0.3 is 14.8 Å². The van der Waals surface area contributed by atoms with Gasteiger partial charge in [-0.3, -0.25) is 4.98 Å². The van der Waals surface area contributed by atoms with E-state index >= 15 is 0 Å². The van der Waals surface area contributed by atoms with Crippen molar-refractivity contribution in [2.24, 2.45) is 0 Å². The lowest BCUT2D eigenvalue weighted by Gasteiger charge is -2.16. The number of aryl methyl sites for hydroxylation is 1. The van der Waals surface area contributed by atoms with Gasteiger partial charge in [-0.05, 0) is 37.1 Å². The summed E-state index contributed by atoms with van der Waals surface area (Å²) >= 11 is 0. The monoisotopic (exact) mass is 362 g/mol. The summed E-state index contributed by atoms with van der Waals surface area (Å²) < 4.78 is 12.0. The molecule has 0 atom stereocenters. The molecule has 0 aliphatic carbocycles. The number of hydrogen-bond donors (Lipinski definition) is 1. The van der Waals surface area contributed by atoms with E-state index in [0.29, 0.717) is 19.8 Å². The zero-order valence-electron chi connectivity index (χ0n) is 15.9. The van der Waals surface area contributed by atoms with Crippen molar-refractivity contribution in [2.75, 3.05) is 6.61 Å². The molecule has 0 radical (unpaired) electrons. The fourth-order valence-corrected chi connectivity index (χ4v) is 2.82. The highest BCUT2D eigenvalue weighted by molar-refractivity contribution is 5.47. The molecule has 0 amide bonds. The zero-order valence-corrected chi connectivity index (χ0v) is 15.9. The first-order valence-electron chi connectivity index (χ1n) is 9.29. The summed E-state index contributed by atoms with van der Waals surface area (Å²) in [6.07, 6.45) is 3.66. The summed E-state index contributed by atoms with van der Waals surface area (Å²) in [5, 5.41) is 3.46. The van der Waals surface area contributed by atoms with Gasteiger partial charge >= 0.3 is 0 Å². The quantitative estimate of drug-likeness (QED) is 0.601. The number of ether oxygens (including phenoxy) is 2. The van der Waals surface area contributed by atoms with Crippen molar-refractivity contribution in [3.05, 3.63) is 89.2 Å². The molecule has 4 nitrogen and oxygen atoms in total. The average Bonchev–Trinajstić information content (AvgIpc) is 2.70. The summed E-state index contributed by atoms with van der Waals surface area (Å²) in [5.74, 6) is 1.59. The van der Waals surface area contributed by atoms with Crippen LogP contribution in [-0.4, -0.2) is 11.6 Å². The van der Waals surface area contributed by atoms with Crippen LogP contribution in [-0.2, 0) is 19.7 Å². The second-order valence-corrected chi connectivity index (χ2v) is 6.42. The lowest BCUT2D eigenvalue weighted by Crippen LogP contribution is -2.14. The molecule has 1 aromatic heterocycles. The molecule has 0 saturated heterocycles. The topological polar surface area (TPSA) is 43.4 Å². The highest BCUT2D eigenvalue weighted by atomic mass is 16.5. The van der Waals surface area contributed by atoms with Gasteiger partial charge in [0, 0.05) is 31.0 Å². The molecule has 27 heavy (non-hydrogen) atoms. The summed E-state index contributed by atoms with van der Waals surface area (Å²) in [7, 11) is 0. The number of benzene rings is 2. The van der Waals surface area contributed by atoms with E-state index in [1.807, 2.05) is 31.3 Å². The maximum Gasteiger partial charge on any atom is 0.166 e. The lowest BCUT2D eigenvalue weighted by molar-refractivity contribution is 0.266. The number of para-hydroxylation sites is 1. The minimum absolute atomic E-state index is 0.514. The second-order valence-electron chi connectivity index (χ2n) is 6.42. The molecule has 140 valence electrons. The van der Waals surface area contributed by atoms with Crippen molar-refractivity contribution in [3.63, 3.8) is 0 Å². The first-order valence-corrected chi connectivity index (χ1v) is 9.29. The molecule has 0 bridgehead atoms. The Morgan fingerprint density at radius 3 is 2.48 bits per heavy atom. The number of pyridine rings is 1. The standard InChI is InChI=1S/C23H26N2O2/c1-3-26-22-8-4-7-21(16-25-15-20-6-5-13-24-14-20)23(22)27-17-19-11-9-18(2)10-12-19/h4-14,25H,3,15-17H2,1-2H3. The second kappa shape index (κ2) is 9.74. The molecule has 3 aromatic rings. The summed E-state index contributed by atoms with van der Waals surface area (Å²) in [4.78, 5) is 4.15. The maximum absolute atomic E-state index is 6.17. The van der Waals surface area contributed by atoms with Crippen molar-refractivity contribution < 1.29 is 9.47 Å². The van der Waals surface area contributed by atoms with E-state index in [-0.39, 0.29) is 0 Å². The molecular formula is C23H26N2O2. The summed E-state index contributed by atoms with van der Waals surface area (Å²) in [5.41, 5.74) is 4.62. The third-order valence-corrected chi connectivity index (χ3v) is 4.23. The van der Waals surface area contributed by atoms with E-state index in [4.69, 9.17) is 9.47 Å². The van der Waals surface area contributed by atoms with Crippen LogP contribution in [0.15, 0.2) is 67.0 Å². The van der Waals surface area contributed by atoms with Crippen LogP contribution in [0.1, 0.15) is 29.2 Å². The molecule has 0 fully saturated rings. The van der Waals surface area contributed by atoms with Crippen LogP contribution < -0.4 is 14.8 Å². The van der Waals surface area contributed by atoms with E-state index in [9.17, 15) is 0 Å². The number of nitrogens with zero attached hydrogens (tertiary/aromatic N) is 1. The van der Waals surface area contributed by atoms with Crippen molar-refractivity contribution in [2.45, 2.75) is 33.5 Å². The van der Waals surface area contributed by atoms with Crippen molar-refractivity contribution in [3.8, 4) is 11.5 Å². The predicted molar refractivity (Wildman–Crippen MR) is 108 cm³/mol. The molecule has 0 unspecified atom stereocenters. The molecule has 2 aromatic carbocycles. The fourth-order valence-electron chi connectivity index (χ4n) is 2.82. The smallest absolute Gasteiger partial charge is 0.166 e. The van der Waals surface area contributed by atoms with Gasteiger partial charge in [0.1, 0.15) is 6.61 Å². The van der Waals surface area contributed by atoms with Crippen molar-refractivity contribution in [1.82, 2.24) is 10.3 Å². The maximum atomic E-state index is 6.17. The van der Waals surface area contributed by atoms with E-state index in [1.165, 1.54) is 5.56 Å². The molecular weight excluding hydrogens is 336 g/mol. The third kappa shape index (κ3) is 5.56. The highest BCUT2D eigenvalue weighted by Gasteiger charge is 2.11. The Morgan fingerprint density at radius 1 is 0.889 bits per heavy atom. The lowest BCUT2D eigenvalue weighted by atomic mass is 10.1. The number of rotatable bonds is 9. The van der Waals surface area contributed by atoms with Crippen LogP contribution in [0, 0.1) is 6.92 Å². The van der Waals surface area contributed by atoms with E-state index < -0.39 is 0 Å². The normalized spacial score (nSPS) is 10.6. The van der Waals surface area contributed by atoms with E-state index in [2.05, 4.69) is 53.6 Å². The van der Waals surface area contributed by atoms with Crippen molar-refractivity contribution in [1.29, 1.82) is 0 Å². The first kappa shape index (κ1) is 18.9. The molecule has 1 N–H and O–H groups in total. The Balaban J connectivity index is 1.70. The van der Waals surface area contributed by atoms with Gasteiger partial charge in [-0.25, -0.2) is 0 Å². The minimum Gasteiger partial charge on any atom is -0.490 e. The molecule has 0 spiro atoms. The molecule has 0 saturated carbocycles. The minimum atomic E-state index is 0.514. The molecule has 4 heteroatoms. The van der Waals surface area contributed by atoms with Gasteiger partial charge in [0.2, 0.25) is 0 Å². The van der Waals surface area contributed by atoms with Gasteiger partial charge in [0.05, 0.1) is 6.61 Å². The Labute approximate surface area is 161 Å². The summed E-state index contributed by atoms with van der Waals surface area (Å²) in [6.45, 7) is 6.63. The van der Waals surface area contributed by atoms with Gasteiger partial charge in [-0.15, -0.1) is 0 Å². The molecule has 1 heterocycles. The van der Waals surface area contributed by atoms with Crippen LogP contribution in [0.4, 0.5) is 0 Å². The van der Waals surface area contributed by atoms with Crippen molar-refractivity contribution >= 4 is 0 Å². The van der Waals surface area contributed by atoms with E-state index in [1.54, 1.807) is 6.20 Å². The average molecular weight is 362 g/mol. The Bertz CT molecular complexity index is 833. The Hall–Kier alpha value is -2.85. The van der Waals surface area contributed by atoms with Crippen LogP contribution in [0.2, 0.25) is 0 Å².